The average molecular weight is 459 g/mol. The van der Waals surface area contributed by atoms with Crippen LogP contribution in [0.2, 0.25) is 0 Å². The van der Waals surface area contributed by atoms with E-state index in [1.807, 2.05) is 6.07 Å². The van der Waals surface area contributed by atoms with E-state index in [0.717, 1.165) is 11.1 Å². The quantitative estimate of drug-likeness (QED) is 0.297. The molecule has 1 aromatic heterocycles. The third-order valence-electron chi connectivity index (χ3n) is 6.43. The van der Waals surface area contributed by atoms with Gasteiger partial charge in [-0.3, -0.25) is 9.59 Å². The highest BCUT2D eigenvalue weighted by Crippen LogP contribution is 2.36. The molecule has 0 fully saturated rings. The van der Waals surface area contributed by atoms with Gasteiger partial charge in [0.05, 0.1) is 19.1 Å². The minimum absolute atomic E-state index is 0.107. The van der Waals surface area contributed by atoms with Crippen molar-refractivity contribution in [2.45, 2.75) is 18.3 Å². The van der Waals surface area contributed by atoms with E-state index in [4.69, 9.17) is 9.47 Å². The van der Waals surface area contributed by atoms with Crippen LogP contribution >= 0.6 is 0 Å². The number of carboxylic acid groups (broad SMARTS) is 1. The van der Waals surface area contributed by atoms with Crippen molar-refractivity contribution in [2.24, 2.45) is 0 Å². The predicted molar refractivity (Wildman–Crippen MR) is 124 cm³/mol. The molecule has 6 nitrogen and oxygen atoms in total. The largest absolute Gasteiger partial charge is 0.493 e. The van der Waals surface area contributed by atoms with E-state index in [2.05, 4.69) is 4.98 Å². The van der Waals surface area contributed by atoms with Crippen molar-refractivity contribution in [3.8, 4) is 11.5 Å². The Hall–Kier alpha value is -4.13. The summed E-state index contributed by atoms with van der Waals surface area (Å²) in [5.74, 6) is -1.00. The first-order valence-corrected chi connectivity index (χ1v) is 10.9. The summed E-state index contributed by atoms with van der Waals surface area (Å²) in [6, 6.07) is 17.8. The first-order chi connectivity index (χ1) is 16.4. The summed E-state index contributed by atoms with van der Waals surface area (Å²) in [6.07, 6.45) is 1.72. The number of hydrogen-bond donors (Lipinski definition) is 2. The summed E-state index contributed by atoms with van der Waals surface area (Å²) in [5, 5.41) is 10.8. The molecule has 5 rings (SSSR count). The number of aromatic nitrogens is 1. The number of ketones is 1. The molecule has 0 saturated heterocycles. The second-order valence-corrected chi connectivity index (χ2v) is 8.53. The van der Waals surface area contributed by atoms with Crippen molar-refractivity contribution >= 4 is 22.7 Å². The van der Waals surface area contributed by atoms with Crippen molar-refractivity contribution < 1.29 is 28.6 Å². The van der Waals surface area contributed by atoms with Gasteiger partial charge in [-0.05, 0) is 67.1 Å². The lowest BCUT2D eigenvalue weighted by Crippen LogP contribution is -2.41. The summed E-state index contributed by atoms with van der Waals surface area (Å²) in [5.41, 5.74) is 0.457. The van der Waals surface area contributed by atoms with Crippen molar-refractivity contribution in [1.82, 2.24) is 4.98 Å². The normalized spacial score (nSPS) is 16.5. The van der Waals surface area contributed by atoms with Crippen molar-refractivity contribution in [2.75, 3.05) is 13.2 Å². The number of carbonyl (C=O) groups is 2. The molecule has 2 N–H and O–H groups in total. The lowest BCUT2D eigenvalue weighted by molar-refractivity contribution is -0.141. The number of H-pyrrole nitrogens is 1. The Morgan fingerprint density at radius 1 is 1.15 bits per heavy atom. The number of carbonyl (C=O) groups excluding carboxylic acids is 1. The van der Waals surface area contributed by atoms with E-state index in [9.17, 15) is 19.1 Å². The number of hydrogen-bond acceptors (Lipinski definition) is 4. The molecule has 34 heavy (non-hydrogen) atoms. The molecular weight excluding hydrogens is 437 g/mol. The summed E-state index contributed by atoms with van der Waals surface area (Å²) in [6.45, 7) is 2.11. The van der Waals surface area contributed by atoms with Gasteiger partial charge in [0.15, 0.2) is 11.2 Å². The van der Waals surface area contributed by atoms with Crippen LogP contribution in [0.25, 0.3) is 10.9 Å². The summed E-state index contributed by atoms with van der Waals surface area (Å²) >= 11 is 0. The maximum absolute atomic E-state index is 13.6. The maximum atomic E-state index is 13.6. The zero-order valence-corrected chi connectivity index (χ0v) is 18.4. The molecule has 0 amide bonds. The Morgan fingerprint density at radius 2 is 1.94 bits per heavy atom. The van der Waals surface area contributed by atoms with Gasteiger partial charge in [0.1, 0.15) is 17.3 Å². The van der Waals surface area contributed by atoms with E-state index >= 15 is 0 Å². The molecule has 172 valence electrons. The Bertz CT molecular complexity index is 1390. The SMILES string of the molecule is CC(C(=O)O)(C(=O)c1ccc(OC[C@@H]2COc3ccc(F)cc32)cc1)c1cccc2[nH]ccc12. The molecule has 1 aliphatic rings. The van der Waals surface area contributed by atoms with E-state index < -0.39 is 17.2 Å². The second kappa shape index (κ2) is 8.33. The van der Waals surface area contributed by atoms with Gasteiger partial charge in [-0.25, -0.2) is 4.39 Å². The topological polar surface area (TPSA) is 88.6 Å². The lowest BCUT2D eigenvalue weighted by atomic mass is 9.75. The van der Waals surface area contributed by atoms with Gasteiger partial charge >= 0.3 is 5.97 Å². The lowest BCUT2D eigenvalue weighted by Gasteiger charge is -2.25. The Morgan fingerprint density at radius 3 is 2.71 bits per heavy atom. The fourth-order valence-corrected chi connectivity index (χ4v) is 4.43. The molecular formula is C27H22FNO5. The molecule has 0 spiro atoms. The monoisotopic (exact) mass is 459 g/mol. The smallest absolute Gasteiger partial charge is 0.321 e. The molecule has 7 heteroatoms. The predicted octanol–water partition coefficient (Wildman–Crippen LogP) is 5.09. The maximum Gasteiger partial charge on any atom is 0.321 e. The number of aliphatic carboxylic acids is 1. The highest BCUT2D eigenvalue weighted by Gasteiger charge is 2.44. The first kappa shape index (κ1) is 21.7. The number of Topliss-reactive ketones (excluding diaryl/α,β-unsaturated/α-hetero) is 1. The van der Waals surface area contributed by atoms with E-state index in [-0.39, 0.29) is 23.9 Å². The molecule has 0 bridgehead atoms. The second-order valence-electron chi connectivity index (χ2n) is 8.53. The Kier molecular flexibility index (Phi) is 5.32. The van der Waals surface area contributed by atoms with Gasteiger partial charge in [0.25, 0.3) is 0 Å². The van der Waals surface area contributed by atoms with Crippen LogP contribution in [0.4, 0.5) is 4.39 Å². The third kappa shape index (κ3) is 3.59. The van der Waals surface area contributed by atoms with Crippen LogP contribution in [0.3, 0.4) is 0 Å². The van der Waals surface area contributed by atoms with Crippen molar-refractivity contribution in [3.05, 3.63) is 95.4 Å². The summed E-state index contributed by atoms with van der Waals surface area (Å²) in [7, 11) is 0. The number of aromatic amines is 1. The van der Waals surface area contributed by atoms with E-state index in [1.54, 1.807) is 54.7 Å². The van der Waals surface area contributed by atoms with Crippen LogP contribution in [0, 0.1) is 5.82 Å². The molecule has 2 heterocycles. The number of fused-ring (bicyclic) bond motifs is 2. The van der Waals surface area contributed by atoms with Crippen LogP contribution in [0.1, 0.15) is 34.3 Å². The minimum atomic E-state index is -1.76. The average Bonchev–Trinajstić information content (AvgIpc) is 3.48. The number of rotatable bonds is 7. The minimum Gasteiger partial charge on any atom is -0.493 e. The number of ether oxygens (including phenoxy) is 2. The number of benzene rings is 3. The van der Waals surface area contributed by atoms with Crippen molar-refractivity contribution in [3.63, 3.8) is 0 Å². The van der Waals surface area contributed by atoms with Gasteiger partial charge in [0, 0.05) is 28.2 Å². The number of nitrogens with one attached hydrogen (secondary N) is 1. The zero-order chi connectivity index (χ0) is 23.9. The fourth-order valence-electron chi connectivity index (χ4n) is 4.43. The summed E-state index contributed by atoms with van der Waals surface area (Å²) < 4.78 is 25.0. The van der Waals surface area contributed by atoms with Gasteiger partial charge in [-0.2, -0.15) is 0 Å². The molecule has 1 unspecified atom stereocenters. The highest BCUT2D eigenvalue weighted by molar-refractivity contribution is 6.18. The van der Waals surface area contributed by atoms with E-state index in [0.29, 0.717) is 29.1 Å². The van der Waals surface area contributed by atoms with Crippen LogP contribution in [-0.2, 0) is 10.2 Å². The molecule has 1 aliphatic heterocycles. The molecule has 2 atom stereocenters. The van der Waals surface area contributed by atoms with E-state index in [1.165, 1.54) is 19.1 Å². The van der Waals surface area contributed by atoms with Crippen LogP contribution in [0.15, 0.2) is 72.9 Å². The molecule has 3 aromatic carbocycles. The third-order valence-corrected chi connectivity index (χ3v) is 6.43. The highest BCUT2D eigenvalue weighted by atomic mass is 19.1. The first-order valence-electron chi connectivity index (χ1n) is 10.9. The number of carboxylic acids is 1. The van der Waals surface area contributed by atoms with Crippen LogP contribution in [0.5, 0.6) is 11.5 Å². The molecule has 0 aliphatic carbocycles. The zero-order valence-electron chi connectivity index (χ0n) is 18.4. The van der Waals surface area contributed by atoms with Gasteiger partial charge in [-0.1, -0.05) is 12.1 Å². The van der Waals surface area contributed by atoms with Gasteiger partial charge in [-0.15, -0.1) is 0 Å². The summed E-state index contributed by atoms with van der Waals surface area (Å²) in [4.78, 5) is 28.8. The standard InChI is InChI=1S/C27H22FNO5/c1-27(26(31)32,22-3-2-4-23-20(22)11-12-29-23)25(30)16-5-8-19(9-6-16)33-14-17-15-34-24-10-7-18(28)13-21(17)24/h2-13,17,29H,14-15H2,1H3,(H,31,32)/t17-,27?/m1/s1. The van der Waals surface area contributed by atoms with Gasteiger partial charge < -0.3 is 19.6 Å². The molecule has 0 radical (unpaired) electrons. The fraction of sp³-hybridized carbons (Fsp3) is 0.185. The van der Waals surface area contributed by atoms with Gasteiger partial charge in [0.2, 0.25) is 0 Å². The van der Waals surface area contributed by atoms with Crippen molar-refractivity contribution in [1.29, 1.82) is 0 Å². The molecule has 0 saturated carbocycles. The number of halogens is 1. The molecule has 4 aromatic rings. The van der Waals surface area contributed by atoms with Crippen LogP contribution < -0.4 is 9.47 Å². The van der Waals surface area contributed by atoms with Crippen LogP contribution in [-0.4, -0.2) is 35.1 Å². The Labute approximate surface area is 194 Å². The Balaban J connectivity index is 1.36.